The number of thioether (sulfide) groups is 1. The smallest absolute Gasteiger partial charge is 0.296 e. The van der Waals surface area contributed by atoms with Crippen LogP contribution in [0.5, 0.6) is 5.75 Å². The van der Waals surface area contributed by atoms with E-state index in [4.69, 9.17) is 9.47 Å². The summed E-state index contributed by atoms with van der Waals surface area (Å²) in [6.45, 7) is 0.875. The number of aromatic nitrogens is 1. The van der Waals surface area contributed by atoms with Crippen LogP contribution in [0, 0.1) is 0 Å². The molecule has 1 aliphatic rings. The third kappa shape index (κ3) is 4.49. The fourth-order valence-corrected chi connectivity index (χ4v) is 4.14. The monoisotopic (exact) mass is 418 g/mol. The number of pyridine rings is 1. The van der Waals surface area contributed by atoms with Gasteiger partial charge >= 0.3 is 0 Å². The van der Waals surface area contributed by atoms with Gasteiger partial charge in [0.15, 0.2) is 5.76 Å². The second-order valence-electron chi connectivity index (χ2n) is 6.65. The number of anilines is 1. The summed E-state index contributed by atoms with van der Waals surface area (Å²) in [4.78, 5) is 20.6. The number of rotatable bonds is 6. The van der Waals surface area contributed by atoms with Crippen LogP contribution in [0.1, 0.15) is 11.1 Å². The standard InChI is InChI=1S/C24H22N2O3S/c1-28-20-12-10-18(11-13-20)17-26(21-9-5-6-14-25-21)24(27)22-23(30-16-15-29-22)19-7-3-2-4-8-19/h2-14H,15-17H2,1H3. The van der Waals surface area contributed by atoms with Crippen molar-refractivity contribution >= 4 is 28.4 Å². The normalized spacial score (nSPS) is 13.5. The highest BCUT2D eigenvalue weighted by atomic mass is 32.2. The maximum atomic E-state index is 13.7. The number of ether oxygens (including phenoxy) is 2. The lowest BCUT2D eigenvalue weighted by Crippen LogP contribution is -2.34. The molecule has 1 amide bonds. The van der Waals surface area contributed by atoms with Gasteiger partial charge in [-0.3, -0.25) is 9.69 Å². The van der Waals surface area contributed by atoms with Crippen molar-refractivity contribution in [3.63, 3.8) is 0 Å². The number of carbonyl (C=O) groups is 1. The number of hydrogen-bond acceptors (Lipinski definition) is 5. The van der Waals surface area contributed by atoms with Crippen LogP contribution >= 0.6 is 11.8 Å². The Bertz CT molecular complexity index is 1020. The minimum absolute atomic E-state index is 0.199. The Morgan fingerprint density at radius 3 is 2.53 bits per heavy atom. The van der Waals surface area contributed by atoms with E-state index in [1.54, 1.807) is 30.0 Å². The van der Waals surface area contributed by atoms with E-state index in [1.807, 2.05) is 72.8 Å². The Hall–Kier alpha value is -3.25. The van der Waals surface area contributed by atoms with Gasteiger partial charge in [0.2, 0.25) is 0 Å². The molecule has 0 N–H and O–H groups in total. The maximum Gasteiger partial charge on any atom is 0.296 e. The second-order valence-corrected chi connectivity index (χ2v) is 7.75. The van der Waals surface area contributed by atoms with E-state index >= 15 is 0 Å². The van der Waals surface area contributed by atoms with E-state index in [1.165, 1.54) is 0 Å². The molecule has 0 saturated carbocycles. The zero-order valence-corrected chi connectivity index (χ0v) is 17.5. The van der Waals surface area contributed by atoms with Gasteiger partial charge in [-0.05, 0) is 35.4 Å². The molecule has 1 aromatic heterocycles. The van der Waals surface area contributed by atoms with Crippen LogP contribution < -0.4 is 9.64 Å². The fourth-order valence-electron chi connectivity index (χ4n) is 3.19. The fraction of sp³-hybridized carbons (Fsp3) is 0.167. The van der Waals surface area contributed by atoms with E-state index in [-0.39, 0.29) is 5.91 Å². The quantitative estimate of drug-likeness (QED) is 0.578. The molecular weight excluding hydrogens is 396 g/mol. The molecule has 3 aromatic rings. The highest BCUT2D eigenvalue weighted by Gasteiger charge is 2.29. The minimum atomic E-state index is -0.199. The average molecular weight is 419 g/mol. The molecule has 0 spiro atoms. The van der Waals surface area contributed by atoms with Gasteiger partial charge < -0.3 is 9.47 Å². The van der Waals surface area contributed by atoms with Crippen molar-refractivity contribution in [3.05, 3.63) is 95.9 Å². The van der Waals surface area contributed by atoms with Crippen molar-refractivity contribution in [3.8, 4) is 5.75 Å². The molecule has 0 fully saturated rings. The highest BCUT2D eigenvalue weighted by molar-refractivity contribution is 8.08. The van der Waals surface area contributed by atoms with Crippen LogP contribution in [0.15, 0.2) is 84.8 Å². The molecule has 2 heterocycles. The van der Waals surface area contributed by atoms with Gasteiger partial charge in [-0.2, -0.15) is 0 Å². The Morgan fingerprint density at radius 1 is 1.07 bits per heavy atom. The van der Waals surface area contributed by atoms with Gasteiger partial charge in [0.1, 0.15) is 11.6 Å². The molecular formula is C24H22N2O3S. The van der Waals surface area contributed by atoms with E-state index in [0.717, 1.165) is 27.5 Å². The van der Waals surface area contributed by atoms with Crippen LogP contribution in [0.3, 0.4) is 0 Å². The number of amides is 1. The topological polar surface area (TPSA) is 51.7 Å². The first-order valence-corrected chi connectivity index (χ1v) is 10.7. The summed E-state index contributed by atoms with van der Waals surface area (Å²) in [6.07, 6.45) is 1.69. The first-order valence-electron chi connectivity index (χ1n) is 9.67. The number of nitrogens with zero attached hydrogens (tertiary/aromatic N) is 2. The molecule has 0 aliphatic carbocycles. The van der Waals surface area contributed by atoms with Gasteiger partial charge in [0.05, 0.1) is 25.2 Å². The average Bonchev–Trinajstić information content (AvgIpc) is 2.83. The van der Waals surface area contributed by atoms with Crippen LogP contribution in [-0.2, 0) is 16.1 Å². The summed E-state index contributed by atoms with van der Waals surface area (Å²) >= 11 is 1.65. The zero-order valence-electron chi connectivity index (χ0n) is 16.7. The molecule has 0 bridgehead atoms. The zero-order chi connectivity index (χ0) is 20.8. The molecule has 0 atom stereocenters. The largest absolute Gasteiger partial charge is 0.497 e. The molecule has 1 aliphatic heterocycles. The number of benzene rings is 2. The number of carbonyl (C=O) groups excluding carboxylic acids is 1. The summed E-state index contributed by atoms with van der Waals surface area (Å²) in [5.41, 5.74) is 1.95. The van der Waals surface area contributed by atoms with Gasteiger partial charge in [-0.25, -0.2) is 4.98 Å². The predicted molar refractivity (Wildman–Crippen MR) is 120 cm³/mol. The molecule has 5 nitrogen and oxygen atoms in total. The van der Waals surface area contributed by atoms with Gasteiger partial charge in [0, 0.05) is 11.9 Å². The Morgan fingerprint density at radius 2 is 1.83 bits per heavy atom. The molecule has 0 saturated heterocycles. The predicted octanol–water partition coefficient (Wildman–Crippen LogP) is 4.76. The highest BCUT2D eigenvalue weighted by Crippen LogP contribution is 2.36. The third-order valence-corrected chi connectivity index (χ3v) is 5.76. The lowest BCUT2D eigenvalue weighted by atomic mass is 10.1. The summed E-state index contributed by atoms with van der Waals surface area (Å²) in [5.74, 6) is 2.34. The Kier molecular flexibility index (Phi) is 6.35. The summed E-state index contributed by atoms with van der Waals surface area (Å²) < 4.78 is 11.1. The Labute approximate surface area is 180 Å². The molecule has 152 valence electrons. The lowest BCUT2D eigenvalue weighted by Gasteiger charge is -2.27. The maximum absolute atomic E-state index is 13.7. The van der Waals surface area contributed by atoms with Crippen molar-refractivity contribution in [2.45, 2.75) is 6.54 Å². The lowest BCUT2D eigenvalue weighted by molar-refractivity contribution is -0.118. The van der Waals surface area contributed by atoms with Gasteiger partial charge in [-0.15, -0.1) is 11.8 Å². The van der Waals surface area contributed by atoms with Crippen molar-refractivity contribution in [2.24, 2.45) is 0 Å². The number of methoxy groups -OCH3 is 1. The van der Waals surface area contributed by atoms with Crippen LogP contribution in [0.25, 0.3) is 4.91 Å². The van der Waals surface area contributed by atoms with Crippen LogP contribution in [0.2, 0.25) is 0 Å². The molecule has 0 radical (unpaired) electrons. The van der Waals surface area contributed by atoms with E-state index in [0.29, 0.717) is 24.7 Å². The SMILES string of the molecule is COc1ccc(CN(C(=O)C2=C(c3ccccc3)SCCO2)c2ccccn2)cc1. The molecule has 2 aromatic carbocycles. The van der Waals surface area contributed by atoms with Crippen molar-refractivity contribution in [1.29, 1.82) is 0 Å². The molecule has 6 heteroatoms. The molecule has 30 heavy (non-hydrogen) atoms. The van der Waals surface area contributed by atoms with Gasteiger partial charge in [0.25, 0.3) is 5.91 Å². The third-order valence-electron chi connectivity index (χ3n) is 4.68. The van der Waals surface area contributed by atoms with E-state index in [9.17, 15) is 4.79 Å². The summed E-state index contributed by atoms with van der Waals surface area (Å²) in [5, 5.41) is 0. The van der Waals surface area contributed by atoms with Crippen LogP contribution in [0.4, 0.5) is 5.82 Å². The van der Waals surface area contributed by atoms with E-state index < -0.39 is 0 Å². The second kappa shape index (κ2) is 9.50. The number of hydrogen-bond donors (Lipinski definition) is 0. The summed E-state index contributed by atoms with van der Waals surface area (Å²) in [6, 6.07) is 23.1. The van der Waals surface area contributed by atoms with Crippen LogP contribution in [-0.4, -0.2) is 30.4 Å². The minimum Gasteiger partial charge on any atom is -0.497 e. The molecule has 0 unspecified atom stereocenters. The van der Waals surface area contributed by atoms with Gasteiger partial charge in [-0.1, -0.05) is 48.5 Å². The van der Waals surface area contributed by atoms with E-state index in [2.05, 4.69) is 4.98 Å². The first-order chi connectivity index (χ1) is 14.8. The molecule has 4 rings (SSSR count). The van der Waals surface area contributed by atoms with Crippen molar-refractivity contribution in [1.82, 2.24) is 4.98 Å². The van der Waals surface area contributed by atoms with Crippen molar-refractivity contribution in [2.75, 3.05) is 24.4 Å². The first kappa shape index (κ1) is 20.0. The summed E-state index contributed by atoms with van der Waals surface area (Å²) in [7, 11) is 1.63. The Balaban J connectivity index is 1.72. The van der Waals surface area contributed by atoms with Crippen molar-refractivity contribution < 1.29 is 14.3 Å².